The first kappa shape index (κ1) is 44.3. The Morgan fingerprint density at radius 3 is 2.14 bits per heavy atom. The molecule has 0 spiro atoms. The number of carbonyl (C=O) groups is 4. The molecule has 4 amide bonds. The molecule has 4 aliphatic heterocycles. The van der Waals surface area contributed by atoms with Crippen LogP contribution in [0.4, 0.5) is 9.59 Å². The lowest BCUT2D eigenvalue weighted by molar-refractivity contribution is -0.140. The van der Waals surface area contributed by atoms with Crippen molar-refractivity contribution >= 4 is 24.0 Å². The Balaban J connectivity index is 0.940. The van der Waals surface area contributed by atoms with Crippen LogP contribution in [0.25, 0.3) is 33.6 Å². The molecule has 0 saturated carbocycles. The van der Waals surface area contributed by atoms with Crippen LogP contribution in [0.1, 0.15) is 121 Å². The Hall–Kier alpha value is -5.90. The van der Waals surface area contributed by atoms with Crippen molar-refractivity contribution in [2.45, 2.75) is 148 Å². The minimum atomic E-state index is -0.743. The van der Waals surface area contributed by atoms with Gasteiger partial charge in [0.2, 0.25) is 11.8 Å². The molecule has 4 aromatic rings. The van der Waals surface area contributed by atoms with Crippen LogP contribution in [-0.2, 0) is 43.2 Å². The monoisotopic (exact) mass is 890 g/mol. The summed E-state index contributed by atoms with van der Waals surface area (Å²) < 4.78 is 22.3. The second-order valence-corrected chi connectivity index (χ2v) is 19.1. The zero-order chi connectivity index (χ0) is 45.8. The third kappa shape index (κ3) is 8.34. The van der Waals surface area contributed by atoms with Crippen molar-refractivity contribution in [1.82, 2.24) is 40.4 Å². The number of carbonyl (C=O) groups excluding carboxylic acids is 4. The van der Waals surface area contributed by atoms with Crippen LogP contribution in [-0.4, -0.2) is 104 Å². The van der Waals surface area contributed by atoms with Gasteiger partial charge >= 0.3 is 12.2 Å². The number of ether oxygens (including phenoxy) is 4. The molecule has 3 saturated heterocycles. The highest BCUT2D eigenvalue weighted by Gasteiger charge is 2.45. The Morgan fingerprint density at radius 2 is 1.45 bits per heavy atom. The number of nitrogens with zero attached hydrogens (tertiary/aromatic N) is 4. The summed E-state index contributed by atoms with van der Waals surface area (Å²) in [6.45, 7) is 12.4. The minimum absolute atomic E-state index is 0.0112. The molecule has 8 atom stereocenters. The second-order valence-electron chi connectivity index (χ2n) is 19.1. The van der Waals surface area contributed by atoms with E-state index in [-0.39, 0.29) is 60.0 Å². The number of H-pyrrole nitrogens is 2. The van der Waals surface area contributed by atoms with E-state index in [4.69, 9.17) is 28.9 Å². The van der Waals surface area contributed by atoms with E-state index in [1.807, 2.05) is 43.7 Å². The van der Waals surface area contributed by atoms with E-state index in [2.05, 4.69) is 64.8 Å². The van der Waals surface area contributed by atoms with E-state index in [9.17, 15) is 19.2 Å². The highest BCUT2D eigenvalue weighted by molar-refractivity contribution is 5.88. The topological polar surface area (TPSA) is 193 Å². The summed E-state index contributed by atoms with van der Waals surface area (Å²) in [4.78, 5) is 74.2. The normalized spacial score (nSPS) is 25.4. The van der Waals surface area contributed by atoms with E-state index in [0.717, 1.165) is 95.0 Å². The molecule has 6 heterocycles. The molecular weight excluding hydrogens is 829 g/mol. The lowest BCUT2D eigenvalue weighted by Crippen LogP contribution is -2.55. The van der Waals surface area contributed by atoms with Gasteiger partial charge in [0.1, 0.15) is 36.1 Å². The van der Waals surface area contributed by atoms with Gasteiger partial charge in [0, 0.05) is 28.9 Å². The zero-order valence-electron chi connectivity index (χ0n) is 38.7. The molecule has 4 N–H and O–H groups in total. The van der Waals surface area contributed by atoms with Gasteiger partial charge in [0.15, 0.2) is 0 Å². The quantitative estimate of drug-likeness (QED) is 0.131. The summed E-state index contributed by atoms with van der Waals surface area (Å²) in [6.07, 6.45) is 6.64. The molecule has 9 rings (SSSR count). The highest BCUT2D eigenvalue weighted by Crippen LogP contribution is 2.46. The zero-order valence-corrected chi connectivity index (χ0v) is 38.7. The van der Waals surface area contributed by atoms with Crippen molar-refractivity contribution in [2.75, 3.05) is 14.2 Å². The smallest absolute Gasteiger partial charge is 0.407 e. The van der Waals surface area contributed by atoms with Crippen molar-refractivity contribution in [2.24, 2.45) is 11.8 Å². The molecule has 1 aliphatic carbocycles. The summed E-state index contributed by atoms with van der Waals surface area (Å²) in [6, 6.07) is 8.74. The summed E-state index contributed by atoms with van der Waals surface area (Å²) in [5.41, 5.74) is 9.20. The SMILES string of the molecule is COC(=O)N[C@H](C(=O)N1[C@@H](C)CC[C@H]1c1nc2c([nH]1)CCc1cc3c(cc1-2)OCc1cc(-c2cnc([C@@H]4CC[C@H](C)N4C(=O)[C@@H](NC(=O)OC)C4C[C@@H](C)O[C@H](C)C4)[nH]2)ccc1-3)C(C)C. The van der Waals surface area contributed by atoms with Crippen LogP contribution >= 0.6 is 0 Å². The van der Waals surface area contributed by atoms with Gasteiger partial charge in [-0.3, -0.25) is 9.59 Å². The summed E-state index contributed by atoms with van der Waals surface area (Å²) in [5.74, 6) is 1.80. The number of hydrogen-bond donors (Lipinski definition) is 4. The van der Waals surface area contributed by atoms with E-state index in [0.29, 0.717) is 25.3 Å². The average Bonchev–Trinajstić information content (AvgIpc) is 4.11. The van der Waals surface area contributed by atoms with Crippen LogP contribution < -0.4 is 15.4 Å². The van der Waals surface area contributed by atoms with E-state index < -0.39 is 24.3 Å². The average molecular weight is 891 g/mol. The number of benzene rings is 2. The van der Waals surface area contributed by atoms with Gasteiger partial charge in [0.25, 0.3) is 0 Å². The maximum Gasteiger partial charge on any atom is 0.407 e. The molecule has 16 heteroatoms. The maximum absolute atomic E-state index is 14.5. The van der Waals surface area contributed by atoms with Crippen molar-refractivity contribution in [3.8, 4) is 39.4 Å². The number of rotatable bonds is 9. The predicted octanol–water partition coefficient (Wildman–Crippen LogP) is 7.54. The van der Waals surface area contributed by atoms with Gasteiger partial charge in [-0.25, -0.2) is 19.6 Å². The molecule has 5 aliphatic rings. The molecule has 0 radical (unpaired) electrons. The first-order chi connectivity index (χ1) is 31.2. The predicted molar refractivity (Wildman–Crippen MR) is 242 cm³/mol. The number of aryl methyl sites for hydroxylation is 2. The van der Waals surface area contributed by atoms with Gasteiger partial charge in [-0.2, -0.15) is 0 Å². The summed E-state index contributed by atoms with van der Waals surface area (Å²) in [5, 5.41) is 5.64. The van der Waals surface area contributed by atoms with Gasteiger partial charge in [-0.15, -0.1) is 0 Å². The number of fused-ring (bicyclic) bond motifs is 6. The Kier molecular flexibility index (Phi) is 12.1. The molecule has 16 nitrogen and oxygen atoms in total. The van der Waals surface area contributed by atoms with Crippen molar-refractivity contribution < 1.29 is 38.1 Å². The fourth-order valence-electron chi connectivity index (χ4n) is 11.1. The van der Waals surface area contributed by atoms with Crippen molar-refractivity contribution in [3.05, 3.63) is 65.0 Å². The second kappa shape index (κ2) is 17.8. The van der Waals surface area contributed by atoms with Crippen molar-refractivity contribution in [1.29, 1.82) is 0 Å². The van der Waals surface area contributed by atoms with Gasteiger partial charge in [0.05, 0.1) is 56.1 Å². The Bertz CT molecular complexity index is 2470. The molecule has 65 heavy (non-hydrogen) atoms. The number of alkyl carbamates (subject to hydrolysis) is 2. The third-order valence-corrected chi connectivity index (χ3v) is 14.4. The fraction of sp³-hybridized carbons (Fsp3) is 0.551. The molecule has 2 aromatic carbocycles. The van der Waals surface area contributed by atoms with Gasteiger partial charge < -0.3 is 49.3 Å². The molecule has 2 aromatic heterocycles. The highest BCUT2D eigenvalue weighted by atomic mass is 16.5. The Labute approximate surface area is 379 Å². The van der Waals surface area contributed by atoms with Gasteiger partial charge in [-0.05, 0) is 131 Å². The van der Waals surface area contributed by atoms with E-state index >= 15 is 0 Å². The fourth-order valence-corrected chi connectivity index (χ4v) is 11.1. The number of amides is 4. The van der Waals surface area contributed by atoms with Crippen LogP contribution in [0.3, 0.4) is 0 Å². The molecule has 346 valence electrons. The minimum Gasteiger partial charge on any atom is -0.488 e. The number of hydrogen-bond acceptors (Lipinski definition) is 10. The van der Waals surface area contributed by atoms with Crippen molar-refractivity contribution in [3.63, 3.8) is 0 Å². The summed E-state index contributed by atoms with van der Waals surface area (Å²) in [7, 11) is 2.62. The number of imidazole rings is 2. The molecule has 0 bridgehead atoms. The third-order valence-electron chi connectivity index (χ3n) is 14.4. The lowest BCUT2D eigenvalue weighted by atomic mass is 9.85. The number of aromatic nitrogens is 4. The first-order valence-electron chi connectivity index (χ1n) is 23.3. The molecule has 0 unspecified atom stereocenters. The van der Waals surface area contributed by atoms with Crippen LogP contribution in [0.15, 0.2) is 36.5 Å². The first-order valence-corrected chi connectivity index (χ1v) is 23.3. The molecular formula is C49H62N8O8. The van der Waals surface area contributed by atoms with E-state index in [1.165, 1.54) is 19.8 Å². The lowest BCUT2D eigenvalue weighted by Gasteiger charge is -2.39. The van der Waals surface area contributed by atoms with Crippen LogP contribution in [0.5, 0.6) is 5.75 Å². The maximum atomic E-state index is 14.5. The largest absolute Gasteiger partial charge is 0.488 e. The standard InChI is InChI=1S/C49H62N8O8/c1-24(2)41(54-48(60)62-7)46(58)57-26(4)10-16-39(57)45-51-36-14-12-29-20-35-33-13-11-30(19-32(33)23-64-40(35)21-34(29)43(36)53-45)37-22-50-44(52-37)38-15-9-25(3)56(38)47(59)42(55-49(61)63-8)31-17-27(5)65-28(6)18-31/h11,13,19-22,24-28,31,38-39,41-42H,9-10,12,14-18,23H2,1-8H3,(H,50,52)(H,51,53)(H,54,60)(H,55,61)/t25-,26-,27+,28+,38-,39-,41-,42-/m0/s1. The molecule has 3 fully saturated rings. The van der Waals surface area contributed by atoms with E-state index in [1.54, 1.807) is 0 Å². The van der Waals surface area contributed by atoms with Crippen LogP contribution in [0, 0.1) is 11.8 Å². The number of aromatic amines is 2. The Morgan fingerprint density at radius 1 is 0.769 bits per heavy atom. The van der Waals surface area contributed by atoms with Crippen LogP contribution in [0.2, 0.25) is 0 Å². The van der Waals surface area contributed by atoms with Gasteiger partial charge in [-0.1, -0.05) is 26.0 Å². The number of nitrogens with one attached hydrogen (secondary N) is 4. The number of likely N-dealkylation sites (tertiary alicyclic amines) is 2. The number of methoxy groups -OCH3 is 2. The summed E-state index contributed by atoms with van der Waals surface area (Å²) >= 11 is 0.